The molecule has 1 saturated heterocycles. The molecule has 0 aromatic carbocycles. The zero-order chi connectivity index (χ0) is 12.2. The molecule has 0 spiro atoms. The Morgan fingerprint density at radius 2 is 2.25 bits per heavy atom. The molecule has 1 fully saturated rings. The van der Waals surface area contributed by atoms with Crippen LogP contribution in [0.4, 0.5) is 0 Å². The van der Waals surface area contributed by atoms with E-state index in [2.05, 4.69) is 20.8 Å². The van der Waals surface area contributed by atoms with Crippen LogP contribution in [0, 0.1) is 5.41 Å². The van der Waals surface area contributed by atoms with Crippen molar-refractivity contribution in [2.45, 2.75) is 39.7 Å². The molecule has 1 unspecified atom stereocenters. The Bertz CT molecular complexity index is 243. The topological polar surface area (TPSA) is 46.3 Å². The zero-order valence-electron chi connectivity index (χ0n) is 10.7. The number of nitrogens with two attached hydrogens (primary N) is 1. The lowest BCUT2D eigenvalue weighted by Crippen LogP contribution is -2.54. The van der Waals surface area contributed by atoms with Crippen molar-refractivity contribution in [3.63, 3.8) is 0 Å². The molecule has 1 amide bonds. The van der Waals surface area contributed by atoms with Gasteiger partial charge in [-0.3, -0.25) is 4.79 Å². The van der Waals surface area contributed by atoms with Gasteiger partial charge in [0.25, 0.3) is 0 Å². The van der Waals surface area contributed by atoms with Crippen molar-refractivity contribution in [2.75, 3.05) is 24.6 Å². The molecule has 0 aliphatic carbocycles. The normalized spacial score (nSPS) is 24.5. The number of carbonyl (C=O) groups excluding carboxylic acids is 1. The molecule has 2 N–H and O–H groups in total. The molecule has 3 nitrogen and oxygen atoms in total. The molecular weight excluding hydrogens is 220 g/mol. The van der Waals surface area contributed by atoms with Crippen LogP contribution in [-0.4, -0.2) is 41.4 Å². The fraction of sp³-hybridized carbons (Fsp3) is 0.917. The van der Waals surface area contributed by atoms with Gasteiger partial charge in [-0.2, -0.15) is 11.8 Å². The van der Waals surface area contributed by atoms with Crippen LogP contribution in [0.3, 0.4) is 0 Å². The molecule has 1 aliphatic rings. The molecule has 1 heterocycles. The van der Waals surface area contributed by atoms with Gasteiger partial charge in [0, 0.05) is 19.1 Å². The minimum Gasteiger partial charge on any atom is -0.341 e. The van der Waals surface area contributed by atoms with Gasteiger partial charge < -0.3 is 10.6 Å². The van der Waals surface area contributed by atoms with E-state index in [1.807, 2.05) is 4.90 Å². The van der Waals surface area contributed by atoms with Crippen LogP contribution < -0.4 is 5.73 Å². The summed E-state index contributed by atoms with van der Waals surface area (Å²) in [5, 5.41) is 0. The second-order valence-electron chi connectivity index (χ2n) is 5.25. The van der Waals surface area contributed by atoms with Crippen molar-refractivity contribution in [3.8, 4) is 0 Å². The van der Waals surface area contributed by atoms with Crippen LogP contribution in [0.25, 0.3) is 0 Å². The summed E-state index contributed by atoms with van der Waals surface area (Å²) in [6.07, 6.45) is 2.06. The third-order valence-electron chi connectivity index (χ3n) is 3.24. The highest BCUT2D eigenvalue weighted by Crippen LogP contribution is 2.27. The number of carbonyl (C=O) groups is 1. The van der Waals surface area contributed by atoms with E-state index in [-0.39, 0.29) is 17.4 Å². The SMILES string of the molecule is CCCSCC(=O)N1CCC(N)C(C)(C)C1. The Hall–Kier alpha value is -0.220. The lowest BCUT2D eigenvalue weighted by atomic mass is 9.80. The van der Waals surface area contributed by atoms with Gasteiger partial charge in [0.15, 0.2) is 0 Å². The third kappa shape index (κ3) is 3.67. The highest BCUT2D eigenvalue weighted by atomic mass is 32.2. The number of hydrogen-bond acceptors (Lipinski definition) is 3. The smallest absolute Gasteiger partial charge is 0.232 e. The van der Waals surface area contributed by atoms with Gasteiger partial charge in [0.2, 0.25) is 5.91 Å². The number of nitrogens with zero attached hydrogens (tertiary/aromatic N) is 1. The number of amides is 1. The average Bonchev–Trinajstić information content (AvgIpc) is 2.22. The minimum absolute atomic E-state index is 0.0589. The molecule has 0 aromatic rings. The van der Waals surface area contributed by atoms with Crippen LogP contribution in [-0.2, 0) is 4.79 Å². The molecular formula is C12H24N2OS. The van der Waals surface area contributed by atoms with Crippen LogP contribution in [0.1, 0.15) is 33.6 Å². The molecule has 1 aliphatic heterocycles. The van der Waals surface area contributed by atoms with E-state index in [0.29, 0.717) is 5.75 Å². The first-order valence-corrected chi connectivity index (χ1v) is 7.24. The molecule has 4 heteroatoms. The summed E-state index contributed by atoms with van der Waals surface area (Å²) in [6, 6.07) is 0.222. The van der Waals surface area contributed by atoms with Gasteiger partial charge in [0.1, 0.15) is 0 Å². The zero-order valence-corrected chi connectivity index (χ0v) is 11.5. The van der Waals surface area contributed by atoms with Gasteiger partial charge in [-0.1, -0.05) is 20.8 Å². The van der Waals surface area contributed by atoms with Gasteiger partial charge in [-0.15, -0.1) is 0 Å². The predicted octanol–water partition coefficient (Wildman–Crippen LogP) is 1.72. The molecule has 94 valence electrons. The average molecular weight is 244 g/mol. The van der Waals surface area contributed by atoms with Crippen LogP contribution >= 0.6 is 11.8 Å². The molecule has 1 rings (SSSR count). The van der Waals surface area contributed by atoms with E-state index in [4.69, 9.17) is 5.73 Å². The Kier molecular flexibility index (Phi) is 5.12. The van der Waals surface area contributed by atoms with E-state index >= 15 is 0 Å². The van der Waals surface area contributed by atoms with E-state index in [9.17, 15) is 4.79 Å². The summed E-state index contributed by atoms with van der Waals surface area (Å²) in [5.41, 5.74) is 6.11. The van der Waals surface area contributed by atoms with E-state index in [1.165, 1.54) is 0 Å². The molecule has 1 atom stereocenters. The summed E-state index contributed by atoms with van der Waals surface area (Å²) in [7, 11) is 0. The monoisotopic (exact) mass is 244 g/mol. The van der Waals surface area contributed by atoms with Gasteiger partial charge >= 0.3 is 0 Å². The largest absolute Gasteiger partial charge is 0.341 e. The molecule has 0 radical (unpaired) electrons. The van der Waals surface area contributed by atoms with Gasteiger partial charge in [0.05, 0.1) is 5.75 Å². The Balaban J connectivity index is 2.40. The number of rotatable bonds is 4. The summed E-state index contributed by atoms with van der Waals surface area (Å²) in [4.78, 5) is 13.9. The Morgan fingerprint density at radius 1 is 1.56 bits per heavy atom. The Morgan fingerprint density at radius 3 is 2.81 bits per heavy atom. The maximum Gasteiger partial charge on any atom is 0.232 e. The second-order valence-corrected chi connectivity index (χ2v) is 6.36. The highest BCUT2D eigenvalue weighted by molar-refractivity contribution is 7.99. The highest BCUT2D eigenvalue weighted by Gasteiger charge is 2.34. The fourth-order valence-corrected chi connectivity index (χ4v) is 2.77. The fourth-order valence-electron chi connectivity index (χ4n) is 1.98. The van der Waals surface area contributed by atoms with E-state index in [1.54, 1.807) is 11.8 Å². The van der Waals surface area contributed by atoms with Crippen molar-refractivity contribution in [2.24, 2.45) is 11.1 Å². The number of likely N-dealkylation sites (tertiary alicyclic amines) is 1. The first-order chi connectivity index (χ1) is 7.47. The van der Waals surface area contributed by atoms with Crippen molar-refractivity contribution in [1.29, 1.82) is 0 Å². The molecule has 16 heavy (non-hydrogen) atoms. The van der Waals surface area contributed by atoms with Crippen molar-refractivity contribution in [3.05, 3.63) is 0 Å². The first kappa shape index (κ1) is 13.8. The van der Waals surface area contributed by atoms with E-state index < -0.39 is 0 Å². The Labute approximate surface area is 103 Å². The van der Waals surface area contributed by atoms with Crippen LogP contribution in [0.5, 0.6) is 0 Å². The van der Waals surface area contributed by atoms with E-state index in [0.717, 1.165) is 31.7 Å². The van der Waals surface area contributed by atoms with Gasteiger partial charge in [-0.05, 0) is 24.0 Å². The lowest BCUT2D eigenvalue weighted by Gasteiger charge is -2.42. The maximum absolute atomic E-state index is 11.9. The maximum atomic E-state index is 11.9. The third-order valence-corrected chi connectivity index (χ3v) is 4.39. The van der Waals surface area contributed by atoms with Crippen molar-refractivity contribution in [1.82, 2.24) is 4.90 Å². The predicted molar refractivity (Wildman–Crippen MR) is 70.6 cm³/mol. The second kappa shape index (κ2) is 5.92. The molecule has 0 aromatic heterocycles. The summed E-state index contributed by atoms with van der Waals surface area (Å²) >= 11 is 1.73. The number of piperidine rings is 1. The molecule has 0 bridgehead atoms. The molecule has 0 saturated carbocycles. The number of hydrogen-bond donors (Lipinski definition) is 1. The summed E-state index contributed by atoms with van der Waals surface area (Å²) in [6.45, 7) is 8.07. The van der Waals surface area contributed by atoms with Crippen LogP contribution in [0.2, 0.25) is 0 Å². The lowest BCUT2D eigenvalue weighted by molar-refractivity contribution is -0.131. The summed E-state index contributed by atoms with van der Waals surface area (Å²) < 4.78 is 0. The number of thioether (sulfide) groups is 1. The summed E-state index contributed by atoms with van der Waals surface area (Å²) in [5.74, 6) is 1.97. The standard InChI is InChI=1S/C12H24N2OS/c1-4-7-16-8-11(15)14-6-5-10(13)12(2,3)9-14/h10H,4-9,13H2,1-3H3. The van der Waals surface area contributed by atoms with Crippen molar-refractivity contribution >= 4 is 17.7 Å². The minimum atomic E-state index is 0.0589. The first-order valence-electron chi connectivity index (χ1n) is 6.08. The van der Waals surface area contributed by atoms with Gasteiger partial charge in [-0.25, -0.2) is 0 Å². The quantitative estimate of drug-likeness (QED) is 0.766. The van der Waals surface area contributed by atoms with Crippen molar-refractivity contribution < 1.29 is 4.79 Å². The van der Waals surface area contributed by atoms with Crippen LogP contribution in [0.15, 0.2) is 0 Å².